The maximum absolute atomic E-state index is 4.58. The van der Waals surface area contributed by atoms with Crippen molar-refractivity contribution in [2.75, 3.05) is 0 Å². The first-order chi connectivity index (χ1) is 9.74. The van der Waals surface area contributed by atoms with Crippen molar-refractivity contribution < 1.29 is 0 Å². The molecule has 20 heavy (non-hydrogen) atoms. The fourth-order valence-corrected chi connectivity index (χ4v) is 2.09. The minimum absolute atomic E-state index is 0.707. The molecular formula is C17H15N3. The Labute approximate surface area is 118 Å². The van der Waals surface area contributed by atoms with Gasteiger partial charge in [-0.1, -0.05) is 54.1 Å². The van der Waals surface area contributed by atoms with Crippen LogP contribution in [0.3, 0.4) is 0 Å². The monoisotopic (exact) mass is 261 g/mol. The Kier molecular flexibility index (Phi) is 3.25. The summed E-state index contributed by atoms with van der Waals surface area (Å²) in [5.41, 5.74) is 4.44. The third kappa shape index (κ3) is 2.43. The Morgan fingerprint density at radius 2 is 1.45 bits per heavy atom. The lowest BCUT2D eigenvalue weighted by atomic mass is 10.1. The molecule has 0 aliphatic carbocycles. The number of hydrogen-bond acceptors (Lipinski definition) is 3. The second kappa shape index (κ2) is 5.21. The van der Waals surface area contributed by atoms with E-state index in [4.69, 9.17) is 0 Å². The maximum atomic E-state index is 4.58. The van der Waals surface area contributed by atoms with Crippen LogP contribution in [0, 0.1) is 13.8 Å². The highest BCUT2D eigenvalue weighted by molar-refractivity contribution is 5.63. The van der Waals surface area contributed by atoms with E-state index in [-0.39, 0.29) is 0 Å². The lowest BCUT2D eigenvalue weighted by Gasteiger charge is -2.06. The molecule has 3 aromatic rings. The fraction of sp³-hybridized carbons (Fsp3) is 0.118. The van der Waals surface area contributed by atoms with Crippen LogP contribution in [0.5, 0.6) is 0 Å². The summed E-state index contributed by atoms with van der Waals surface area (Å²) in [4.78, 5) is 13.1. The van der Waals surface area contributed by atoms with E-state index in [1.807, 2.05) is 30.3 Å². The molecule has 0 fully saturated rings. The molecule has 0 bridgehead atoms. The first kappa shape index (κ1) is 12.5. The highest BCUT2D eigenvalue weighted by atomic mass is 15.0. The number of hydrogen-bond donors (Lipinski definition) is 0. The molecule has 0 unspecified atom stereocenters. The summed E-state index contributed by atoms with van der Waals surface area (Å²) in [5.74, 6) is 1.42. The average Bonchev–Trinajstić information content (AvgIpc) is 2.49. The minimum Gasteiger partial charge on any atom is -0.217 e. The van der Waals surface area contributed by atoms with Crippen molar-refractivity contribution in [1.29, 1.82) is 0 Å². The Morgan fingerprint density at radius 1 is 0.750 bits per heavy atom. The molecule has 0 aliphatic heterocycles. The number of aromatic nitrogens is 3. The first-order valence-electron chi connectivity index (χ1n) is 6.56. The second-order valence-electron chi connectivity index (χ2n) is 4.81. The van der Waals surface area contributed by atoms with Gasteiger partial charge in [-0.3, -0.25) is 0 Å². The third-order valence-electron chi connectivity index (χ3n) is 3.27. The van der Waals surface area contributed by atoms with Crippen molar-refractivity contribution in [2.45, 2.75) is 13.8 Å². The smallest absolute Gasteiger partial charge is 0.163 e. The van der Waals surface area contributed by atoms with Gasteiger partial charge in [0, 0.05) is 11.1 Å². The SMILES string of the molecule is Cc1ccc(-c2ncnc(-c3ccccc3C)n2)cc1. The first-order valence-corrected chi connectivity index (χ1v) is 6.56. The topological polar surface area (TPSA) is 38.7 Å². The minimum atomic E-state index is 0.707. The van der Waals surface area contributed by atoms with Gasteiger partial charge in [-0.2, -0.15) is 0 Å². The number of nitrogens with zero attached hydrogens (tertiary/aromatic N) is 3. The summed E-state index contributed by atoms with van der Waals surface area (Å²) in [6.07, 6.45) is 1.57. The zero-order valence-corrected chi connectivity index (χ0v) is 11.5. The predicted molar refractivity (Wildman–Crippen MR) is 80.2 cm³/mol. The molecule has 0 atom stereocenters. The highest BCUT2D eigenvalue weighted by Crippen LogP contribution is 2.21. The van der Waals surface area contributed by atoms with Crippen molar-refractivity contribution in [3.8, 4) is 22.8 Å². The van der Waals surface area contributed by atoms with Crippen molar-refractivity contribution in [1.82, 2.24) is 15.0 Å². The van der Waals surface area contributed by atoms with Crippen LogP contribution in [0.15, 0.2) is 54.9 Å². The zero-order chi connectivity index (χ0) is 13.9. The molecule has 0 N–H and O–H groups in total. The van der Waals surface area contributed by atoms with Crippen molar-refractivity contribution in [3.05, 3.63) is 66.0 Å². The van der Waals surface area contributed by atoms with Crippen LogP contribution < -0.4 is 0 Å². The average molecular weight is 261 g/mol. The molecule has 0 saturated carbocycles. The molecule has 0 amide bonds. The fourth-order valence-electron chi connectivity index (χ4n) is 2.09. The van der Waals surface area contributed by atoms with Crippen LogP contribution in [0.2, 0.25) is 0 Å². The molecule has 0 saturated heterocycles. The second-order valence-corrected chi connectivity index (χ2v) is 4.81. The molecule has 0 aliphatic rings. The Morgan fingerprint density at radius 3 is 2.20 bits per heavy atom. The largest absolute Gasteiger partial charge is 0.217 e. The number of rotatable bonds is 2. The van der Waals surface area contributed by atoms with Gasteiger partial charge in [-0.15, -0.1) is 0 Å². The highest BCUT2D eigenvalue weighted by Gasteiger charge is 2.07. The molecule has 2 aromatic carbocycles. The van der Waals surface area contributed by atoms with Gasteiger partial charge in [0.05, 0.1) is 0 Å². The van der Waals surface area contributed by atoms with E-state index in [1.165, 1.54) is 5.56 Å². The quantitative estimate of drug-likeness (QED) is 0.704. The van der Waals surface area contributed by atoms with E-state index in [9.17, 15) is 0 Å². The van der Waals surface area contributed by atoms with Gasteiger partial charge in [-0.05, 0) is 19.4 Å². The van der Waals surface area contributed by atoms with Gasteiger partial charge in [0.1, 0.15) is 6.33 Å². The maximum Gasteiger partial charge on any atom is 0.163 e. The summed E-state index contributed by atoms with van der Waals surface area (Å²) in [5, 5.41) is 0. The van der Waals surface area contributed by atoms with Crippen molar-refractivity contribution in [3.63, 3.8) is 0 Å². The molecule has 3 heteroatoms. The molecule has 1 aromatic heterocycles. The Bertz CT molecular complexity index is 733. The molecule has 0 spiro atoms. The van der Waals surface area contributed by atoms with E-state index in [0.717, 1.165) is 16.7 Å². The van der Waals surface area contributed by atoms with Crippen LogP contribution in [0.25, 0.3) is 22.8 Å². The van der Waals surface area contributed by atoms with Gasteiger partial charge in [-0.25, -0.2) is 15.0 Å². The van der Waals surface area contributed by atoms with Gasteiger partial charge >= 0.3 is 0 Å². The summed E-state index contributed by atoms with van der Waals surface area (Å²) in [7, 11) is 0. The van der Waals surface area contributed by atoms with Crippen LogP contribution in [-0.4, -0.2) is 15.0 Å². The molecule has 98 valence electrons. The molecule has 1 heterocycles. The molecule has 3 nitrogen and oxygen atoms in total. The number of aryl methyl sites for hydroxylation is 2. The van der Waals surface area contributed by atoms with Crippen LogP contribution >= 0.6 is 0 Å². The normalized spacial score (nSPS) is 10.5. The summed E-state index contributed by atoms with van der Waals surface area (Å²) in [6, 6.07) is 16.3. The molecule has 0 radical (unpaired) electrons. The summed E-state index contributed by atoms with van der Waals surface area (Å²) < 4.78 is 0. The van der Waals surface area contributed by atoms with Crippen LogP contribution in [-0.2, 0) is 0 Å². The van der Waals surface area contributed by atoms with Gasteiger partial charge < -0.3 is 0 Å². The lowest BCUT2D eigenvalue weighted by molar-refractivity contribution is 1.06. The van der Waals surface area contributed by atoms with E-state index in [1.54, 1.807) is 6.33 Å². The van der Waals surface area contributed by atoms with Gasteiger partial charge in [0.25, 0.3) is 0 Å². The van der Waals surface area contributed by atoms with Crippen LogP contribution in [0.4, 0.5) is 0 Å². The van der Waals surface area contributed by atoms with E-state index in [0.29, 0.717) is 11.6 Å². The zero-order valence-electron chi connectivity index (χ0n) is 11.5. The standard InChI is InChI=1S/C17H15N3/c1-12-7-9-14(10-8-12)16-18-11-19-17(20-16)15-6-4-3-5-13(15)2/h3-11H,1-2H3. The number of benzene rings is 2. The summed E-state index contributed by atoms with van der Waals surface area (Å²) >= 11 is 0. The lowest BCUT2D eigenvalue weighted by Crippen LogP contribution is -1.96. The van der Waals surface area contributed by atoms with Crippen LogP contribution in [0.1, 0.15) is 11.1 Å². The van der Waals surface area contributed by atoms with E-state index < -0.39 is 0 Å². The summed E-state index contributed by atoms with van der Waals surface area (Å²) in [6.45, 7) is 4.13. The van der Waals surface area contributed by atoms with Gasteiger partial charge in [0.15, 0.2) is 11.6 Å². The third-order valence-corrected chi connectivity index (χ3v) is 3.27. The molecule has 3 rings (SSSR count). The van der Waals surface area contributed by atoms with E-state index in [2.05, 4.69) is 47.0 Å². The van der Waals surface area contributed by atoms with E-state index >= 15 is 0 Å². The van der Waals surface area contributed by atoms with Crippen molar-refractivity contribution >= 4 is 0 Å². The predicted octanol–water partition coefficient (Wildman–Crippen LogP) is 3.82. The van der Waals surface area contributed by atoms with Crippen molar-refractivity contribution in [2.24, 2.45) is 0 Å². The Hall–Kier alpha value is -2.55. The Balaban J connectivity index is 2.06. The molecular weight excluding hydrogens is 246 g/mol. The van der Waals surface area contributed by atoms with Gasteiger partial charge in [0.2, 0.25) is 0 Å².